The Bertz CT molecular complexity index is 996. The highest BCUT2D eigenvalue weighted by Gasteiger charge is 2.14. The molecule has 0 aliphatic carbocycles. The Kier molecular flexibility index (Phi) is 5.95. The van der Waals surface area contributed by atoms with Gasteiger partial charge in [0.05, 0.1) is 13.7 Å². The fourth-order valence-electron chi connectivity index (χ4n) is 3.16. The molecule has 0 amide bonds. The summed E-state index contributed by atoms with van der Waals surface area (Å²) in [7, 11) is 1.66. The molecule has 0 fully saturated rings. The van der Waals surface area contributed by atoms with Crippen LogP contribution in [-0.2, 0) is 6.54 Å². The third kappa shape index (κ3) is 4.88. The van der Waals surface area contributed by atoms with Crippen molar-refractivity contribution in [3.8, 4) is 11.5 Å². The van der Waals surface area contributed by atoms with Crippen molar-refractivity contribution >= 4 is 17.1 Å². The van der Waals surface area contributed by atoms with Gasteiger partial charge in [-0.25, -0.2) is 0 Å². The molecular formula is C24H24N2O3. The summed E-state index contributed by atoms with van der Waals surface area (Å²) in [5, 5.41) is 0. The summed E-state index contributed by atoms with van der Waals surface area (Å²) in [5.41, 5.74) is 2.89. The Hall–Kier alpha value is -3.47. The second kappa shape index (κ2) is 9.15. The molecule has 4 rings (SSSR count). The van der Waals surface area contributed by atoms with Gasteiger partial charge in [0.25, 0.3) is 6.01 Å². The number of hydrogen-bond donors (Lipinski definition) is 0. The molecule has 0 aliphatic heterocycles. The first-order valence-corrected chi connectivity index (χ1v) is 9.73. The van der Waals surface area contributed by atoms with Gasteiger partial charge in [0.1, 0.15) is 17.0 Å². The van der Waals surface area contributed by atoms with Crippen molar-refractivity contribution in [1.82, 2.24) is 4.98 Å². The smallest absolute Gasteiger partial charge is 0.298 e. The first-order valence-electron chi connectivity index (χ1n) is 9.73. The van der Waals surface area contributed by atoms with Gasteiger partial charge in [-0.15, -0.1) is 0 Å². The number of hydrogen-bond acceptors (Lipinski definition) is 5. The molecule has 0 saturated heterocycles. The van der Waals surface area contributed by atoms with E-state index in [-0.39, 0.29) is 0 Å². The summed E-state index contributed by atoms with van der Waals surface area (Å²) in [6.45, 7) is 2.12. The average molecular weight is 388 g/mol. The molecule has 0 saturated carbocycles. The van der Waals surface area contributed by atoms with E-state index >= 15 is 0 Å². The summed E-state index contributed by atoms with van der Waals surface area (Å²) < 4.78 is 17.0. The highest BCUT2D eigenvalue weighted by Crippen LogP contribution is 2.23. The van der Waals surface area contributed by atoms with E-state index in [0.717, 1.165) is 42.1 Å². The molecular weight excluding hydrogens is 364 g/mol. The fraction of sp³-hybridized carbons (Fsp3) is 0.208. The molecule has 0 N–H and O–H groups in total. The first kappa shape index (κ1) is 18.9. The van der Waals surface area contributed by atoms with Gasteiger partial charge in [-0.2, -0.15) is 4.98 Å². The Balaban J connectivity index is 1.42. The lowest BCUT2D eigenvalue weighted by Crippen LogP contribution is -2.25. The van der Waals surface area contributed by atoms with Gasteiger partial charge < -0.3 is 18.8 Å². The van der Waals surface area contributed by atoms with Crippen LogP contribution in [-0.4, -0.2) is 25.2 Å². The van der Waals surface area contributed by atoms with Crippen LogP contribution in [0.3, 0.4) is 0 Å². The van der Waals surface area contributed by atoms with Gasteiger partial charge in [0.15, 0.2) is 5.58 Å². The van der Waals surface area contributed by atoms with Crippen molar-refractivity contribution in [2.24, 2.45) is 0 Å². The van der Waals surface area contributed by atoms with E-state index < -0.39 is 0 Å². The van der Waals surface area contributed by atoms with Crippen LogP contribution >= 0.6 is 0 Å². The van der Waals surface area contributed by atoms with Crippen molar-refractivity contribution in [3.63, 3.8) is 0 Å². The zero-order valence-corrected chi connectivity index (χ0v) is 16.5. The van der Waals surface area contributed by atoms with Crippen LogP contribution in [0.15, 0.2) is 83.3 Å². The van der Waals surface area contributed by atoms with Crippen LogP contribution in [0.2, 0.25) is 0 Å². The molecule has 0 unspecified atom stereocenters. The third-order valence-electron chi connectivity index (χ3n) is 4.67. The Morgan fingerprint density at radius 1 is 0.862 bits per heavy atom. The predicted octanol–water partition coefficient (Wildman–Crippen LogP) is 5.31. The molecule has 0 radical (unpaired) electrons. The van der Waals surface area contributed by atoms with Crippen molar-refractivity contribution in [3.05, 3.63) is 84.4 Å². The number of methoxy groups -OCH3 is 1. The molecule has 5 nitrogen and oxygen atoms in total. The maximum Gasteiger partial charge on any atom is 0.298 e. The van der Waals surface area contributed by atoms with Gasteiger partial charge in [0, 0.05) is 13.1 Å². The van der Waals surface area contributed by atoms with E-state index in [1.54, 1.807) is 7.11 Å². The summed E-state index contributed by atoms with van der Waals surface area (Å²) in [6.07, 6.45) is 0.845. The molecule has 4 aromatic rings. The first-order chi connectivity index (χ1) is 14.3. The standard InChI is InChI=1S/C24H24N2O3/c1-27-20-12-14-21(15-13-20)28-17-7-16-26(18-19-8-3-2-4-9-19)24-25-22-10-5-6-11-23(22)29-24/h2-6,8-15H,7,16-18H2,1H3. The second-order valence-corrected chi connectivity index (χ2v) is 6.75. The van der Waals surface area contributed by atoms with Crippen molar-refractivity contribution < 1.29 is 13.9 Å². The Morgan fingerprint density at radius 3 is 2.34 bits per heavy atom. The topological polar surface area (TPSA) is 47.7 Å². The lowest BCUT2D eigenvalue weighted by atomic mass is 10.2. The van der Waals surface area contributed by atoms with Crippen LogP contribution in [0, 0.1) is 0 Å². The average Bonchev–Trinajstić information content (AvgIpc) is 3.21. The normalized spacial score (nSPS) is 10.8. The summed E-state index contributed by atoms with van der Waals surface area (Å²) in [6, 6.07) is 26.5. The minimum atomic E-state index is 0.609. The lowest BCUT2D eigenvalue weighted by molar-refractivity contribution is 0.310. The molecule has 1 aromatic heterocycles. The fourth-order valence-corrected chi connectivity index (χ4v) is 3.16. The van der Waals surface area contributed by atoms with Crippen LogP contribution in [0.4, 0.5) is 6.01 Å². The van der Waals surface area contributed by atoms with E-state index in [0.29, 0.717) is 12.6 Å². The van der Waals surface area contributed by atoms with Crippen molar-refractivity contribution in [1.29, 1.82) is 0 Å². The zero-order chi connectivity index (χ0) is 19.9. The molecule has 0 bridgehead atoms. The number of para-hydroxylation sites is 2. The number of aromatic nitrogens is 1. The monoisotopic (exact) mass is 388 g/mol. The van der Waals surface area contributed by atoms with Crippen LogP contribution in [0.25, 0.3) is 11.1 Å². The quantitative estimate of drug-likeness (QED) is 0.364. The Labute approximate surface area is 170 Å². The largest absolute Gasteiger partial charge is 0.497 e. The van der Waals surface area contributed by atoms with Gasteiger partial charge >= 0.3 is 0 Å². The van der Waals surface area contributed by atoms with Gasteiger partial charge in [-0.1, -0.05) is 42.5 Å². The maximum atomic E-state index is 6.00. The summed E-state index contributed by atoms with van der Waals surface area (Å²) in [4.78, 5) is 6.83. The SMILES string of the molecule is COc1ccc(OCCCN(Cc2ccccc2)c2nc3ccccc3o2)cc1. The number of ether oxygens (including phenoxy) is 2. The van der Waals surface area contributed by atoms with Crippen LogP contribution < -0.4 is 14.4 Å². The van der Waals surface area contributed by atoms with E-state index in [2.05, 4.69) is 22.0 Å². The van der Waals surface area contributed by atoms with E-state index in [4.69, 9.17) is 13.9 Å². The maximum absolute atomic E-state index is 6.00. The molecule has 0 aliphatic rings. The highest BCUT2D eigenvalue weighted by atomic mass is 16.5. The second-order valence-electron chi connectivity index (χ2n) is 6.75. The number of rotatable bonds is 9. The molecule has 3 aromatic carbocycles. The Morgan fingerprint density at radius 2 is 1.59 bits per heavy atom. The van der Waals surface area contributed by atoms with Crippen molar-refractivity contribution in [2.45, 2.75) is 13.0 Å². The van der Waals surface area contributed by atoms with Gasteiger partial charge in [-0.3, -0.25) is 0 Å². The zero-order valence-electron chi connectivity index (χ0n) is 16.5. The number of oxazole rings is 1. The minimum Gasteiger partial charge on any atom is -0.497 e. The van der Waals surface area contributed by atoms with E-state index in [1.165, 1.54) is 5.56 Å². The van der Waals surface area contributed by atoms with Crippen LogP contribution in [0.5, 0.6) is 11.5 Å². The van der Waals surface area contributed by atoms with Gasteiger partial charge in [-0.05, 0) is 48.4 Å². The number of fused-ring (bicyclic) bond motifs is 1. The summed E-state index contributed by atoms with van der Waals surface area (Å²) >= 11 is 0. The third-order valence-corrected chi connectivity index (χ3v) is 4.67. The molecule has 0 spiro atoms. The molecule has 1 heterocycles. The lowest BCUT2D eigenvalue weighted by Gasteiger charge is -2.20. The van der Waals surface area contributed by atoms with E-state index in [1.807, 2.05) is 66.7 Å². The predicted molar refractivity (Wildman–Crippen MR) is 115 cm³/mol. The molecule has 5 heteroatoms. The molecule has 0 atom stereocenters. The van der Waals surface area contributed by atoms with E-state index in [9.17, 15) is 0 Å². The van der Waals surface area contributed by atoms with Crippen molar-refractivity contribution in [2.75, 3.05) is 25.2 Å². The highest BCUT2D eigenvalue weighted by molar-refractivity contribution is 5.74. The molecule has 29 heavy (non-hydrogen) atoms. The minimum absolute atomic E-state index is 0.609. The summed E-state index contributed by atoms with van der Waals surface area (Å²) in [5.74, 6) is 1.66. The number of benzene rings is 3. The van der Waals surface area contributed by atoms with Crippen LogP contribution in [0.1, 0.15) is 12.0 Å². The number of anilines is 1. The number of nitrogens with zero attached hydrogens (tertiary/aromatic N) is 2. The molecule has 148 valence electrons. The van der Waals surface area contributed by atoms with Gasteiger partial charge in [0.2, 0.25) is 0 Å².